The Morgan fingerprint density at radius 3 is 2.61 bits per heavy atom. The van der Waals surface area contributed by atoms with Crippen LogP contribution in [0.4, 0.5) is 0 Å². The maximum Gasteiger partial charge on any atom is 0.331 e. The lowest BCUT2D eigenvalue weighted by Crippen LogP contribution is -2.71. The van der Waals surface area contributed by atoms with Crippen molar-refractivity contribution in [2.75, 3.05) is 6.61 Å². The Balaban J connectivity index is 2.11. The van der Waals surface area contributed by atoms with E-state index in [4.69, 9.17) is 9.47 Å². The van der Waals surface area contributed by atoms with E-state index in [0.29, 0.717) is 0 Å². The lowest BCUT2D eigenvalue weighted by molar-refractivity contribution is -0.258. The molecule has 3 aliphatic rings. The average Bonchev–Trinajstić information content (AvgIpc) is 3.03. The van der Waals surface area contributed by atoms with Crippen LogP contribution in [0.5, 0.6) is 0 Å². The first-order valence-corrected chi connectivity index (χ1v) is 9.76. The molecule has 0 aromatic carbocycles. The zero-order chi connectivity index (χ0) is 20.9. The molecule has 0 saturated heterocycles. The molecule has 3 rings (SSSR count). The highest BCUT2D eigenvalue weighted by molar-refractivity contribution is 5.86. The summed E-state index contributed by atoms with van der Waals surface area (Å²) < 4.78 is 10.5. The number of cyclic esters (lactones) is 1. The third-order valence-electron chi connectivity index (χ3n) is 7.37. The van der Waals surface area contributed by atoms with Crippen molar-refractivity contribution in [2.24, 2.45) is 16.7 Å². The first kappa shape index (κ1) is 20.8. The third kappa shape index (κ3) is 2.94. The van der Waals surface area contributed by atoms with Crippen molar-refractivity contribution in [3.05, 3.63) is 35.5 Å². The van der Waals surface area contributed by atoms with Crippen LogP contribution >= 0.6 is 0 Å². The van der Waals surface area contributed by atoms with Gasteiger partial charge in [0.25, 0.3) is 0 Å². The van der Waals surface area contributed by atoms with Crippen molar-refractivity contribution < 1.29 is 29.3 Å². The Labute approximate surface area is 165 Å². The molecular weight excluding hydrogens is 360 g/mol. The highest BCUT2D eigenvalue weighted by Crippen LogP contribution is 2.63. The molecule has 0 spiro atoms. The van der Waals surface area contributed by atoms with Gasteiger partial charge in [0.05, 0.1) is 0 Å². The maximum atomic E-state index is 11.8. The molecule has 0 bridgehead atoms. The van der Waals surface area contributed by atoms with Gasteiger partial charge >= 0.3 is 11.9 Å². The zero-order valence-electron chi connectivity index (χ0n) is 17.2. The molecule has 28 heavy (non-hydrogen) atoms. The van der Waals surface area contributed by atoms with Crippen molar-refractivity contribution in [2.45, 2.75) is 65.3 Å². The van der Waals surface area contributed by atoms with Crippen LogP contribution in [-0.4, -0.2) is 46.6 Å². The molecule has 6 nitrogen and oxygen atoms in total. The molecule has 154 valence electrons. The molecule has 2 aliphatic carbocycles. The van der Waals surface area contributed by atoms with E-state index in [1.807, 2.05) is 26.8 Å². The largest absolute Gasteiger partial charge is 0.459 e. The highest BCUT2D eigenvalue weighted by Gasteiger charge is 2.67. The summed E-state index contributed by atoms with van der Waals surface area (Å²) in [5.74, 6) is -0.941. The van der Waals surface area contributed by atoms with Crippen LogP contribution in [-0.2, 0) is 19.1 Å². The third-order valence-corrected chi connectivity index (χ3v) is 7.37. The SMILES string of the molecule is CC(=O)OC1C(O)C(C)(O)C(C)(C=CC2=CC(=O)OC2)C2CCC=C(C)C12C. The monoisotopic (exact) mass is 390 g/mol. The van der Waals surface area contributed by atoms with E-state index in [1.165, 1.54) is 13.0 Å². The molecule has 6 atom stereocenters. The summed E-state index contributed by atoms with van der Waals surface area (Å²) in [6, 6.07) is 0. The van der Waals surface area contributed by atoms with Crippen LogP contribution in [0.25, 0.3) is 0 Å². The number of carbonyl (C=O) groups excluding carboxylic acids is 2. The number of ether oxygens (including phenoxy) is 2. The van der Waals surface area contributed by atoms with Crippen molar-refractivity contribution in [1.29, 1.82) is 0 Å². The molecule has 1 saturated carbocycles. The van der Waals surface area contributed by atoms with Crippen molar-refractivity contribution in [1.82, 2.24) is 0 Å². The summed E-state index contributed by atoms with van der Waals surface area (Å²) in [6.45, 7) is 9.03. The van der Waals surface area contributed by atoms with Crippen LogP contribution in [0.3, 0.4) is 0 Å². The normalized spacial score (nSPS) is 43.2. The molecule has 6 heteroatoms. The fraction of sp³-hybridized carbons (Fsp3) is 0.636. The molecule has 0 radical (unpaired) electrons. The van der Waals surface area contributed by atoms with E-state index in [-0.39, 0.29) is 18.5 Å². The summed E-state index contributed by atoms with van der Waals surface area (Å²) in [5, 5.41) is 22.6. The van der Waals surface area contributed by atoms with Gasteiger partial charge in [-0.2, -0.15) is 0 Å². The summed E-state index contributed by atoms with van der Waals surface area (Å²) in [7, 11) is 0. The highest BCUT2D eigenvalue weighted by atomic mass is 16.6. The van der Waals surface area contributed by atoms with Gasteiger partial charge in [-0.05, 0) is 38.2 Å². The summed E-state index contributed by atoms with van der Waals surface area (Å²) in [5.41, 5.74) is -1.22. The predicted octanol–water partition coefficient (Wildman–Crippen LogP) is 2.45. The predicted molar refractivity (Wildman–Crippen MR) is 103 cm³/mol. The standard InChI is InChI=1S/C22H30O6/c1-13-7-6-8-16-20(3,10-9-15-11-17(24)27-12-15)22(5,26)18(25)19(21(13,16)4)28-14(2)23/h7,9-11,16,18-19,25-26H,6,8,12H2,1-5H3. The number of aliphatic hydroxyl groups excluding tert-OH is 1. The fourth-order valence-corrected chi connectivity index (χ4v) is 5.32. The van der Waals surface area contributed by atoms with Gasteiger partial charge in [0.2, 0.25) is 0 Å². The van der Waals surface area contributed by atoms with Gasteiger partial charge in [-0.1, -0.05) is 37.6 Å². The molecule has 6 unspecified atom stereocenters. The van der Waals surface area contributed by atoms with Crippen LogP contribution in [0, 0.1) is 16.7 Å². The number of rotatable bonds is 3. The van der Waals surface area contributed by atoms with Crippen LogP contribution in [0.1, 0.15) is 47.5 Å². The Morgan fingerprint density at radius 1 is 1.36 bits per heavy atom. The number of carbonyl (C=O) groups is 2. The molecule has 1 fully saturated rings. The van der Waals surface area contributed by atoms with E-state index in [0.717, 1.165) is 24.0 Å². The summed E-state index contributed by atoms with van der Waals surface area (Å²) in [4.78, 5) is 23.1. The van der Waals surface area contributed by atoms with Crippen molar-refractivity contribution >= 4 is 11.9 Å². The van der Waals surface area contributed by atoms with Crippen LogP contribution < -0.4 is 0 Å². The van der Waals surface area contributed by atoms with Gasteiger partial charge in [-0.3, -0.25) is 4.79 Å². The Kier molecular flexibility index (Phi) is 5.09. The van der Waals surface area contributed by atoms with Crippen molar-refractivity contribution in [3.63, 3.8) is 0 Å². The topological polar surface area (TPSA) is 93.1 Å². The molecule has 1 heterocycles. The number of allylic oxidation sites excluding steroid dienone is 1. The molecule has 0 aromatic rings. The number of hydrogen-bond acceptors (Lipinski definition) is 6. The van der Waals surface area contributed by atoms with E-state index in [9.17, 15) is 19.8 Å². The number of aliphatic hydroxyl groups is 2. The van der Waals surface area contributed by atoms with Gasteiger partial charge in [0.15, 0.2) is 0 Å². The lowest BCUT2D eigenvalue weighted by Gasteiger charge is -2.64. The Bertz CT molecular complexity index is 776. The smallest absolute Gasteiger partial charge is 0.331 e. The zero-order valence-corrected chi connectivity index (χ0v) is 17.2. The van der Waals surface area contributed by atoms with E-state index >= 15 is 0 Å². The number of fused-ring (bicyclic) bond motifs is 1. The van der Waals surface area contributed by atoms with Gasteiger partial charge in [-0.25, -0.2) is 4.79 Å². The van der Waals surface area contributed by atoms with Crippen LogP contribution in [0.2, 0.25) is 0 Å². The molecule has 2 N–H and O–H groups in total. The Hall–Kier alpha value is -1.92. The van der Waals surface area contributed by atoms with E-state index in [2.05, 4.69) is 6.08 Å². The minimum atomic E-state index is -1.55. The second-order valence-corrected chi connectivity index (χ2v) is 8.87. The first-order chi connectivity index (χ1) is 12.9. The second kappa shape index (κ2) is 6.85. The second-order valence-electron chi connectivity index (χ2n) is 8.87. The van der Waals surface area contributed by atoms with Gasteiger partial charge in [0, 0.05) is 23.8 Å². The molecule has 1 aliphatic heterocycles. The molecule has 0 amide bonds. The molecule has 0 aromatic heterocycles. The Morgan fingerprint density at radius 2 is 2.04 bits per heavy atom. The summed E-state index contributed by atoms with van der Waals surface area (Å²) >= 11 is 0. The number of hydrogen-bond donors (Lipinski definition) is 2. The van der Waals surface area contributed by atoms with Gasteiger partial charge < -0.3 is 19.7 Å². The van der Waals surface area contributed by atoms with E-state index < -0.39 is 34.6 Å². The minimum absolute atomic E-state index is 0.0809. The molecular formula is C22H30O6. The van der Waals surface area contributed by atoms with Crippen LogP contribution in [0.15, 0.2) is 35.5 Å². The maximum absolute atomic E-state index is 11.8. The number of esters is 2. The van der Waals surface area contributed by atoms with Gasteiger partial charge in [-0.15, -0.1) is 0 Å². The fourth-order valence-electron chi connectivity index (χ4n) is 5.32. The van der Waals surface area contributed by atoms with E-state index in [1.54, 1.807) is 13.0 Å². The van der Waals surface area contributed by atoms with Gasteiger partial charge in [0.1, 0.15) is 24.4 Å². The minimum Gasteiger partial charge on any atom is -0.459 e. The average molecular weight is 390 g/mol. The lowest BCUT2D eigenvalue weighted by atomic mass is 9.44. The van der Waals surface area contributed by atoms with Crippen molar-refractivity contribution in [3.8, 4) is 0 Å². The summed E-state index contributed by atoms with van der Waals surface area (Å²) in [6.07, 6.45) is 6.74. The quantitative estimate of drug-likeness (QED) is 0.568. The first-order valence-electron chi connectivity index (χ1n) is 9.76.